The third-order valence-electron chi connectivity index (χ3n) is 2.08. The second-order valence-corrected chi connectivity index (χ2v) is 3.22. The summed E-state index contributed by atoms with van der Waals surface area (Å²) in [5.41, 5.74) is 12.8. The van der Waals surface area contributed by atoms with Gasteiger partial charge in [-0.15, -0.1) is 0 Å². The molecule has 0 aliphatic heterocycles. The van der Waals surface area contributed by atoms with Crippen LogP contribution >= 0.6 is 0 Å². The molecule has 0 aliphatic carbocycles. The standard InChI is InChI=1S/C10H13N3O/c1-6(14)10(13)9-3-2-8(12)4-7(9)5-11/h2-4,6,10,14H,12-13H2,1H3/t6?,10-/m0/s1. The number of aliphatic hydroxyl groups is 1. The van der Waals surface area contributed by atoms with E-state index in [9.17, 15) is 5.11 Å². The Morgan fingerprint density at radius 2 is 2.14 bits per heavy atom. The summed E-state index contributed by atoms with van der Waals surface area (Å²) in [6.07, 6.45) is -0.689. The monoisotopic (exact) mass is 191 g/mol. The first-order valence-electron chi connectivity index (χ1n) is 4.29. The summed E-state index contributed by atoms with van der Waals surface area (Å²) in [4.78, 5) is 0. The smallest absolute Gasteiger partial charge is 0.0995 e. The van der Waals surface area contributed by atoms with Gasteiger partial charge >= 0.3 is 0 Å². The van der Waals surface area contributed by atoms with Gasteiger partial charge in [0.2, 0.25) is 0 Å². The average molecular weight is 191 g/mol. The molecule has 1 aromatic rings. The Balaban J connectivity index is 3.16. The van der Waals surface area contributed by atoms with Crippen LogP contribution in [-0.2, 0) is 0 Å². The highest BCUT2D eigenvalue weighted by atomic mass is 16.3. The van der Waals surface area contributed by atoms with E-state index in [1.165, 1.54) is 0 Å². The van der Waals surface area contributed by atoms with Gasteiger partial charge in [0.05, 0.1) is 23.8 Å². The van der Waals surface area contributed by atoms with E-state index in [1.54, 1.807) is 25.1 Å². The number of nitrogens with two attached hydrogens (primary N) is 2. The molecular weight excluding hydrogens is 178 g/mol. The highest BCUT2D eigenvalue weighted by Gasteiger charge is 2.15. The minimum Gasteiger partial charge on any atom is -0.399 e. The van der Waals surface area contributed by atoms with Crippen LogP contribution in [-0.4, -0.2) is 11.2 Å². The molecule has 4 heteroatoms. The number of nitrogens with zero attached hydrogens (tertiary/aromatic N) is 1. The predicted molar refractivity (Wildman–Crippen MR) is 54.2 cm³/mol. The Morgan fingerprint density at radius 3 is 2.64 bits per heavy atom. The Kier molecular flexibility index (Phi) is 3.07. The number of rotatable bonds is 2. The van der Waals surface area contributed by atoms with Crippen molar-refractivity contribution in [1.29, 1.82) is 5.26 Å². The van der Waals surface area contributed by atoms with E-state index in [4.69, 9.17) is 16.7 Å². The summed E-state index contributed by atoms with van der Waals surface area (Å²) in [6.45, 7) is 1.59. The number of nitriles is 1. The molecule has 4 nitrogen and oxygen atoms in total. The van der Waals surface area contributed by atoms with Gasteiger partial charge in [-0.25, -0.2) is 0 Å². The first-order valence-corrected chi connectivity index (χ1v) is 4.29. The molecule has 0 aliphatic rings. The van der Waals surface area contributed by atoms with Crippen LogP contribution in [0.1, 0.15) is 24.1 Å². The number of nitrogen functional groups attached to an aromatic ring is 1. The minimum atomic E-state index is -0.689. The van der Waals surface area contributed by atoms with Crippen molar-refractivity contribution in [2.24, 2.45) is 5.73 Å². The van der Waals surface area contributed by atoms with Gasteiger partial charge in [0.1, 0.15) is 0 Å². The number of benzene rings is 1. The fourth-order valence-electron chi connectivity index (χ4n) is 1.22. The maximum Gasteiger partial charge on any atom is 0.0995 e. The molecule has 0 saturated heterocycles. The first kappa shape index (κ1) is 10.5. The van der Waals surface area contributed by atoms with Crippen LogP contribution in [0.2, 0.25) is 0 Å². The van der Waals surface area contributed by atoms with Crippen molar-refractivity contribution in [1.82, 2.24) is 0 Å². The summed E-state index contributed by atoms with van der Waals surface area (Å²) >= 11 is 0. The summed E-state index contributed by atoms with van der Waals surface area (Å²) in [5, 5.41) is 18.1. The van der Waals surface area contributed by atoms with Crippen molar-refractivity contribution in [2.75, 3.05) is 5.73 Å². The number of anilines is 1. The fourth-order valence-corrected chi connectivity index (χ4v) is 1.22. The highest BCUT2D eigenvalue weighted by Crippen LogP contribution is 2.20. The molecule has 0 saturated carbocycles. The molecule has 0 spiro atoms. The van der Waals surface area contributed by atoms with Crippen LogP contribution in [0.4, 0.5) is 5.69 Å². The molecule has 0 radical (unpaired) electrons. The highest BCUT2D eigenvalue weighted by molar-refractivity contribution is 5.50. The Hall–Kier alpha value is -1.57. The Bertz CT molecular complexity index is 368. The minimum absolute atomic E-state index is 0.415. The Labute approximate surface area is 82.8 Å². The molecule has 0 aromatic heterocycles. The van der Waals surface area contributed by atoms with Gasteiger partial charge in [-0.1, -0.05) is 6.07 Å². The van der Waals surface area contributed by atoms with Gasteiger partial charge in [0.15, 0.2) is 0 Å². The molecule has 74 valence electrons. The fraction of sp³-hybridized carbons (Fsp3) is 0.300. The first-order chi connectivity index (χ1) is 6.56. The van der Waals surface area contributed by atoms with Gasteiger partial charge in [0.25, 0.3) is 0 Å². The van der Waals surface area contributed by atoms with Gasteiger partial charge in [-0.3, -0.25) is 0 Å². The molecule has 14 heavy (non-hydrogen) atoms. The van der Waals surface area contributed by atoms with E-state index in [1.807, 2.05) is 6.07 Å². The second-order valence-electron chi connectivity index (χ2n) is 3.22. The summed E-state index contributed by atoms with van der Waals surface area (Å²) < 4.78 is 0. The summed E-state index contributed by atoms with van der Waals surface area (Å²) in [7, 11) is 0. The number of aliphatic hydroxyl groups excluding tert-OH is 1. The van der Waals surface area contributed by atoms with Crippen LogP contribution in [0.5, 0.6) is 0 Å². The van der Waals surface area contributed by atoms with Crippen molar-refractivity contribution in [3.05, 3.63) is 29.3 Å². The topological polar surface area (TPSA) is 96.1 Å². The number of hydrogen-bond acceptors (Lipinski definition) is 4. The predicted octanol–water partition coefficient (Wildman–Crippen LogP) is 0.521. The average Bonchev–Trinajstić information content (AvgIpc) is 2.16. The molecule has 0 fully saturated rings. The molecule has 5 N–H and O–H groups in total. The second kappa shape index (κ2) is 4.09. The third kappa shape index (κ3) is 2.02. The molecule has 1 rings (SSSR count). The molecule has 0 heterocycles. The van der Waals surface area contributed by atoms with Crippen LogP contribution < -0.4 is 11.5 Å². The van der Waals surface area contributed by atoms with Gasteiger partial charge in [-0.2, -0.15) is 5.26 Å². The van der Waals surface area contributed by atoms with E-state index in [-0.39, 0.29) is 0 Å². The van der Waals surface area contributed by atoms with Crippen molar-refractivity contribution in [3.8, 4) is 6.07 Å². The maximum absolute atomic E-state index is 9.30. The summed E-state index contributed by atoms with van der Waals surface area (Å²) in [6, 6.07) is 6.34. The number of hydrogen-bond donors (Lipinski definition) is 3. The normalized spacial score (nSPS) is 14.4. The molecule has 1 unspecified atom stereocenters. The van der Waals surface area contributed by atoms with Gasteiger partial charge in [0, 0.05) is 5.69 Å². The molecule has 0 bridgehead atoms. The SMILES string of the molecule is CC(O)[C@H](N)c1ccc(N)cc1C#N. The van der Waals surface area contributed by atoms with E-state index in [0.29, 0.717) is 16.8 Å². The van der Waals surface area contributed by atoms with Crippen molar-refractivity contribution in [3.63, 3.8) is 0 Å². The maximum atomic E-state index is 9.30. The zero-order valence-corrected chi connectivity index (χ0v) is 7.94. The zero-order valence-electron chi connectivity index (χ0n) is 7.94. The molecule has 0 amide bonds. The lowest BCUT2D eigenvalue weighted by Gasteiger charge is -2.16. The lowest BCUT2D eigenvalue weighted by atomic mass is 9.98. The van der Waals surface area contributed by atoms with Crippen LogP contribution in [0.25, 0.3) is 0 Å². The van der Waals surface area contributed by atoms with Crippen molar-refractivity contribution < 1.29 is 5.11 Å². The van der Waals surface area contributed by atoms with Crippen LogP contribution in [0.15, 0.2) is 18.2 Å². The van der Waals surface area contributed by atoms with Gasteiger partial charge in [-0.05, 0) is 24.6 Å². The van der Waals surface area contributed by atoms with Crippen molar-refractivity contribution in [2.45, 2.75) is 19.1 Å². The van der Waals surface area contributed by atoms with Crippen LogP contribution in [0, 0.1) is 11.3 Å². The lowest BCUT2D eigenvalue weighted by molar-refractivity contribution is 0.164. The van der Waals surface area contributed by atoms with E-state index < -0.39 is 12.1 Å². The summed E-state index contributed by atoms with van der Waals surface area (Å²) in [5.74, 6) is 0. The zero-order chi connectivity index (χ0) is 10.7. The van der Waals surface area contributed by atoms with E-state index >= 15 is 0 Å². The van der Waals surface area contributed by atoms with E-state index in [0.717, 1.165) is 0 Å². The van der Waals surface area contributed by atoms with Crippen LogP contribution in [0.3, 0.4) is 0 Å². The third-order valence-corrected chi connectivity index (χ3v) is 2.08. The molecular formula is C10H13N3O. The van der Waals surface area contributed by atoms with E-state index in [2.05, 4.69) is 0 Å². The lowest BCUT2D eigenvalue weighted by Crippen LogP contribution is -2.24. The quantitative estimate of drug-likeness (QED) is 0.594. The molecule has 2 atom stereocenters. The van der Waals surface area contributed by atoms with Crippen molar-refractivity contribution >= 4 is 5.69 Å². The molecule has 1 aromatic carbocycles. The van der Waals surface area contributed by atoms with Gasteiger partial charge < -0.3 is 16.6 Å². The Morgan fingerprint density at radius 1 is 1.50 bits per heavy atom. The largest absolute Gasteiger partial charge is 0.399 e.